The van der Waals surface area contributed by atoms with Crippen LogP contribution in [-0.2, 0) is 13.6 Å². The lowest BCUT2D eigenvalue weighted by atomic mass is 10.1. The number of hydrogen-bond donors (Lipinski definition) is 0. The second-order valence-electron chi connectivity index (χ2n) is 4.31. The molecule has 3 nitrogen and oxygen atoms in total. The SMILES string of the molecule is CN(C)Cc1ccc(-c2ccn(C)n2)cc1. The summed E-state index contributed by atoms with van der Waals surface area (Å²) >= 11 is 0. The Bertz CT molecular complexity index is 454. The number of rotatable bonds is 3. The topological polar surface area (TPSA) is 21.1 Å². The van der Waals surface area contributed by atoms with Crippen LogP contribution in [0, 0.1) is 0 Å². The van der Waals surface area contributed by atoms with Gasteiger partial charge in [-0.25, -0.2) is 0 Å². The summed E-state index contributed by atoms with van der Waals surface area (Å²) in [5.41, 5.74) is 3.52. The van der Waals surface area contributed by atoms with Gasteiger partial charge in [-0.15, -0.1) is 0 Å². The summed E-state index contributed by atoms with van der Waals surface area (Å²) in [5.74, 6) is 0. The van der Waals surface area contributed by atoms with E-state index in [9.17, 15) is 0 Å². The van der Waals surface area contributed by atoms with Gasteiger partial charge >= 0.3 is 0 Å². The van der Waals surface area contributed by atoms with Crippen molar-refractivity contribution in [3.63, 3.8) is 0 Å². The molecule has 1 heterocycles. The van der Waals surface area contributed by atoms with Crippen LogP contribution in [0.1, 0.15) is 5.56 Å². The second-order valence-corrected chi connectivity index (χ2v) is 4.31. The molecule has 0 aliphatic carbocycles. The van der Waals surface area contributed by atoms with Crippen molar-refractivity contribution in [1.82, 2.24) is 14.7 Å². The Labute approximate surface area is 96.3 Å². The fourth-order valence-electron chi connectivity index (χ4n) is 1.72. The largest absolute Gasteiger partial charge is 0.305 e. The van der Waals surface area contributed by atoms with Gasteiger partial charge in [0.1, 0.15) is 0 Å². The maximum atomic E-state index is 4.38. The number of aromatic nitrogens is 2. The zero-order valence-corrected chi connectivity index (χ0v) is 10.0. The van der Waals surface area contributed by atoms with Crippen molar-refractivity contribution in [3.8, 4) is 11.3 Å². The second kappa shape index (κ2) is 4.49. The monoisotopic (exact) mass is 215 g/mol. The molecular weight excluding hydrogens is 198 g/mol. The van der Waals surface area contributed by atoms with Gasteiger partial charge in [-0.3, -0.25) is 4.68 Å². The summed E-state index contributed by atoms with van der Waals surface area (Å²) in [7, 11) is 6.09. The average molecular weight is 215 g/mol. The van der Waals surface area contributed by atoms with E-state index in [1.165, 1.54) is 11.1 Å². The van der Waals surface area contributed by atoms with Crippen LogP contribution in [0.4, 0.5) is 0 Å². The van der Waals surface area contributed by atoms with Gasteiger partial charge in [-0.05, 0) is 25.7 Å². The molecule has 0 amide bonds. The zero-order valence-electron chi connectivity index (χ0n) is 10.0. The number of hydrogen-bond acceptors (Lipinski definition) is 2. The highest BCUT2D eigenvalue weighted by Gasteiger charge is 2.01. The molecule has 0 aliphatic heterocycles. The minimum Gasteiger partial charge on any atom is -0.305 e. The van der Waals surface area contributed by atoms with E-state index in [2.05, 4.69) is 48.4 Å². The standard InChI is InChI=1S/C13H17N3/c1-15(2)10-11-4-6-12(7-5-11)13-8-9-16(3)14-13/h4-9H,10H2,1-3H3. The Kier molecular flexibility index (Phi) is 3.06. The van der Waals surface area contributed by atoms with E-state index in [0.717, 1.165) is 12.2 Å². The predicted molar refractivity (Wildman–Crippen MR) is 66.0 cm³/mol. The van der Waals surface area contributed by atoms with Gasteiger partial charge in [0.2, 0.25) is 0 Å². The summed E-state index contributed by atoms with van der Waals surface area (Å²) in [6.45, 7) is 0.975. The fourth-order valence-corrected chi connectivity index (χ4v) is 1.72. The minimum atomic E-state index is 0.975. The molecule has 0 spiro atoms. The Morgan fingerprint density at radius 1 is 1.12 bits per heavy atom. The Morgan fingerprint density at radius 3 is 2.31 bits per heavy atom. The third kappa shape index (κ3) is 2.49. The number of aryl methyl sites for hydroxylation is 1. The molecule has 1 aromatic carbocycles. The lowest BCUT2D eigenvalue weighted by Crippen LogP contribution is -2.10. The van der Waals surface area contributed by atoms with E-state index >= 15 is 0 Å². The summed E-state index contributed by atoms with van der Waals surface area (Å²) in [4.78, 5) is 2.16. The maximum absolute atomic E-state index is 4.38. The van der Waals surface area contributed by atoms with Crippen molar-refractivity contribution in [2.24, 2.45) is 7.05 Å². The normalized spacial score (nSPS) is 11.0. The molecule has 0 radical (unpaired) electrons. The van der Waals surface area contributed by atoms with Crippen LogP contribution in [0.3, 0.4) is 0 Å². The van der Waals surface area contributed by atoms with Crippen LogP contribution in [0.15, 0.2) is 36.5 Å². The summed E-state index contributed by atoms with van der Waals surface area (Å²) in [6.07, 6.45) is 1.96. The van der Waals surface area contributed by atoms with Gasteiger partial charge < -0.3 is 4.90 Å². The van der Waals surface area contributed by atoms with E-state index in [1.807, 2.05) is 24.0 Å². The first kappa shape index (κ1) is 10.9. The Morgan fingerprint density at radius 2 is 1.81 bits per heavy atom. The van der Waals surface area contributed by atoms with Gasteiger partial charge in [0.05, 0.1) is 5.69 Å². The molecule has 0 unspecified atom stereocenters. The molecule has 16 heavy (non-hydrogen) atoms. The van der Waals surface area contributed by atoms with Gasteiger partial charge in [0.25, 0.3) is 0 Å². The third-order valence-electron chi connectivity index (χ3n) is 2.46. The van der Waals surface area contributed by atoms with Gasteiger partial charge in [0.15, 0.2) is 0 Å². The minimum absolute atomic E-state index is 0.975. The molecule has 0 saturated carbocycles. The molecule has 84 valence electrons. The third-order valence-corrected chi connectivity index (χ3v) is 2.46. The summed E-state index contributed by atoms with van der Waals surface area (Å²) in [5, 5.41) is 4.38. The average Bonchev–Trinajstić information content (AvgIpc) is 2.65. The number of nitrogens with zero attached hydrogens (tertiary/aromatic N) is 3. The lowest BCUT2D eigenvalue weighted by Gasteiger charge is -2.09. The summed E-state index contributed by atoms with van der Waals surface area (Å²) in [6, 6.07) is 10.6. The van der Waals surface area contributed by atoms with E-state index in [4.69, 9.17) is 0 Å². The van der Waals surface area contributed by atoms with Gasteiger partial charge in [-0.1, -0.05) is 24.3 Å². The highest BCUT2D eigenvalue weighted by Crippen LogP contribution is 2.17. The zero-order chi connectivity index (χ0) is 11.5. The van der Waals surface area contributed by atoms with Crippen molar-refractivity contribution in [3.05, 3.63) is 42.1 Å². The highest BCUT2D eigenvalue weighted by atomic mass is 15.2. The molecule has 0 N–H and O–H groups in total. The van der Waals surface area contributed by atoms with Crippen molar-refractivity contribution in [2.75, 3.05) is 14.1 Å². The summed E-state index contributed by atoms with van der Waals surface area (Å²) < 4.78 is 1.82. The van der Waals surface area contributed by atoms with Crippen molar-refractivity contribution >= 4 is 0 Å². The van der Waals surface area contributed by atoms with E-state index in [-0.39, 0.29) is 0 Å². The molecule has 2 rings (SSSR count). The van der Waals surface area contributed by atoms with Crippen LogP contribution in [0.25, 0.3) is 11.3 Å². The molecule has 0 atom stereocenters. The molecule has 1 aromatic heterocycles. The molecule has 2 aromatic rings. The van der Waals surface area contributed by atoms with Crippen LogP contribution in [0.2, 0.25) is 0 Å². The fraction of sp³-hybridized carbons (Fsp3) is 0.308. The quantitative estimate of drug-likeness (QED) is 0.782. The Balaban J connectivity index is 2.19. The molecule has 3 heteroatoms. The first-order valence-electron chi connectivity index (χ1n) is 5.39. The van der Waals surface area contributed by atoms with Gasteiger partial charge in [0, 0.05) is 25.4 Å². The molecule has 0 aliphatic rings. The Hall–Kier alpha value is -1.61. The van der Waals surface area contributed by atoms with E-state index in [1.54, 1.807) is 0 Å². The first-order chi connectivity index (χ1) is 7.65. The van der Waals surface area contributed by atoms with Crippen molar-refractivity contribution in [2.45, 2.75) is 6.54 Å². The smallest absolute Gasteiger partial charge is 0.0923 e. The molecular formula is C13H17N3. The highest BCUT2D eigenvalue weighted by molar-refractivity contribution is 5.58. The number of benzene rings is 1. The van der Waals surface area contributed by atoms with Crippen LogP contribution in [-0.4, -0.2) is 28.8 Å². The van der Waals surface area contributed by atoms with Gasteiger partial charge in [-0.2, -0.15) is 5.10 Å². The first-order valence-corrected chi connectivity index (χ1v) is 5.39. The van der Waals surface area contributed by atoms with E-state index < -0.39 is 0 Å². The molecule has 0 fully saturated rings. The lowest BCUT2D eigenvalue weighted by molar-refractivity contribution is 0.402. The van der Waals surface area contributed by atoms with Crippen molar-refractivity contribution < 1.29 is 0 Å². The molecule has 0 bridgehead atoms. The van der Waals surface area contributed by atoms with Crippen LogP contribution < -0.4 is 0 Å². The van der Waals surface area contributed by atoms with Crippen LogP contribution in [0.5, 0.6) is 0 Å². The molecule has 0 saturated heterocycles. The van der Waals surface area contributed by atoms with Crippen molar-refractivity contribution in [1.29, 1.82) is 0 Å². The van der Waals surface area contributed by atoms with E-state index in [0.29, 0.717) is 0 Å². The predicted octanol–water partition coefficient (Wildman–Crippen LogP) is 2.15. The van der Waals surface area contributed by atoms with Crippen LogP contribution >= 0.6 is 0 Å². The maximum Gasteiger partial charge on any atom is 0.0923 e.